The molecule has 1 unspecified atom stereocenters. The third-order valence-electron chi connectivity index (χ3n) is 3.76. The van der Waals surface area contributed by atoms with Crippen LogP contribution in [0.25, 0.3) is 11.5 Å². The molecule has 6 nitrogen and oxygen atoms in total. The predicted molar refractivity (Wildman–Crippen MR) is 76.8 cm³/mol. The van der Waals surface area contributed by atoms with Gasteiger partial charge in [-0.1, -0.05) is 0 Å². The first kappa shape index (κ1) is 13.9. The molecule has 21 heavy (non-hydrogen) atoms. The average molecular weight is 289 g/mol. The van der Waals surface area contributed by atoms with E-state index in [1.54, 1.807) is 18.4 Å². The van der Waals surface area contributed by atoms with E-state index in [1.165, 1.54) is 0 Å². The number of carbonyl (C=O) groups is 1. The fourth-order valence-corrected chi connectivity index (χ4v) is 2.55. The summed E-state index contributed by atoms with van der Waals surface area (Å²) < 4.78 is 10.7. The number of nitrogens with one attached hydrogen (secondary N) is 1. The maximum absolute atomic E-state index is 12.5. The van der Waals surface area contributed by atoms with Crippen molar-refractivity contribution in [3.63, 3.8) is 0 Å². The Morgan fingerprint density at radius 3 is 3.14 bits per heavy atom. The van der Waals surface area contributed by atoms with Gasteiger partial charge >= 0.3 is 0 Å². The lowest BCUT2D eigenvalue weighted by Crippen LogP contribution is -2.35. The Balaban J connectivity index is 1.70. The molecular formula is C15H19N3O3. The highest BCUT2D eigenvalue weighted by Crippen LogP contribution is 2.19. The monoisotopic (exact) mass is 289 g/mol. The van der Waals surface area contributed by atoms with E-state index in [0.29, 0.717) is 29.6 Å². The molecule has 2 aromatic rings. The number of carbonyl (C=O) groups excluding carboxylic acids is 1. The minimum atomic E-state index is -0.0570. The zero-order valence-corrected chi connectivity index (χ0v) is 12.0. The molecule has 3 heterocycles. The highest BCUT2D eigenvalue weighted by atomic mass is 16.5. The molecule has 0 radical (unpaired) electrons. The van der Waals surface area contributed by atoms with Crippen molar-refractivity contribution in [1.29, 1.82) is 0 Å². The molecule has 112 valence electrons. The summed E-state index contributed by atoms with van der Waals surface area (Å²) in [6, 6.07) is 5.36. The molecule has 0 aliphatic carbocycles. The number of H-pyrrole nitrogens is 1. The first-order valence-corrected chi connectivity index (χ1v) is 7.24. The minimum Gasteiger partial charge on any atom is -0.463 e. The summed E-state index contributed by atoms with van der Waals surface area (Å²) in [5, 5.41) is 6.95. The van der Waals surface area contributed by atoms with Crippen molar-refractivity contribution in [2.24, 2.45) is 5.92 Å². The predicted octanol–water partition coefficient (Wildman–Crippen LogP) is 2.17. The number of ether oxygens (including phenoxy) is 1. The quantitative estimate of drug-likeness (QED) is 0.915. The zero-order chi connectivity index (χ0) is 14.7. The fourth-order valence-electron chi connectivity index (χ4n) is 2.55. The number of nitrogens with zero attached hydrogens (tertiary/aromatic N) is 2. The van der Waals surface area contributed by atoms with Crippen LogP contribution in [0.15, 0.2) is 28.9 Å². The number of rotatable bonds is 5. The van der Waals surface area contributed by atoms with Crippen molar-refractivity contribution in [1.82, 2.24) is 15.1 Å². The third-order valence-corrected chi connectivity index (χ3v) is 3.76. The normalized spacial score (nSPS) is 18.0. The molecular weight excluding hydrogens is 270 g/mol. The van der Waals surface area contributed by atoms with E-state index in [-0.39, 0.29) is 5.91 Å². The topological polar surface area (TPSA) is 71.4 Å². The van der Waals surface area contributed by atoms with Gasteiger partial charge in [0.05, 0.1) is 12.9 Å². The molecule has 1 aliphatic rings. The number of hydrogen-bond donors (Lipinski definition) is 1. The Morgan fingerprint density at radius 2 is 2.48 bits per heavy atom. The molecule has 1 fully saturated rings. The van der Waals surface area contributed by atoms with Crippen molar-refractivity contribution in [3.05, 3.63) is 30.2 Å². The van der Waals surface area contributed by atoms with Gasteiger partial charge in [0.1, 0.15) is 5.69 Å². The smallest absolute Gasteiger partial charge is 0.274 e. The van der Waals surface area contributed by atoms with E-state index in [4.69, 9.17) is 9.15 Å². The Bertz CT molecular complexity index is 585. The SMILES string of the molecule is CCN(CC1CCOC1)C(=O)c1cc(-c2ccco2)[nH]n1. The van der Waals surface area contributed by atoms with Gasteiger partial charge in [-0.15, -0.1) is 0 Å². The van der Waals surface area contributed by atoms with Gasteiger partial charge in [0.25, 0.3) is 5.91 Å². The summed E-state index contributed by atoms with van der Waals surface area (Å²) in [7, 11) is 0. The van der Waals surface area contributed by atoms with Gasteiger partial charge in [-0.2, -0.15) is 5.10 Å². The van der Waals surface area contributed by atoms with Crippen LogP contribution in [0.2, 0.25) is 0 Å². The molecule has 1 atom stereocenters. The summed E-state index contributed by atoms with van der Waals surface area (Å²) in [6.07, 6.45) is 2.61. The van der Waals surface area contributed by atoms with Gasteiger partial charge in [0, 0.05) is 31.7 Å². The van der Waals surface area contributed by atoms with Crippen LogP contribution in [-0.2, 0) is 4.74 Å². The van der Waals surface area contributed by atoms with Crippen LogP contribution in [0.3, 0.4) is 0 Å². The first-order valence-electron chi connectivity index (χ1n) is 7.24. The van der Waals surface area contributed by atoms with Crippen LogP contribution in [0, 0.1) is 5.92 Å². The van der Waals surface area contributed by atoms with Gasteiger partial charge in [-0.25, -0.2) is 0 Å². The van der Waals surface area contributed by atoms with Gasteiger partial charge < -0.3 is 14.1 Å². The highest BCUT2D eigenvalue weighted by Gasteiger charge is 2.24. The molecule has 2 aromatic heterocycles. The summed E-state index contributed by atoms with van der Waals surface area (Å²) in [5.74, 6) is 1.05. The van der Waals surface area contributed by atoms with Crippen molar-refractivity contribution in [2.75, 3.05) is 26.3 Å². The maximum Gasteiger partial charge on any atom is 0.274 e. The Kier molecular flexibility index (Phi) is 4.06. The van der Waals surface area contributed by atoms with E-state index in [1.807, 2.05) is 17.9 Å². The average Bonchev–Trinajstić information content (AvgIpc) is 3.25. The molecule has 1 saturated heterocycles. The van der Waals surface area contributed by atoms with E-state index in [9.17, 15) is 4.79 Å². The molecule has 0 bridgehead atoms. The Labute approximate surface area is 123 Å². The standard InChI is InChI=1S/C15H19N3O3/c1-2-18(9-11-5-7-20-10-11)15(19)13-8-12(16-17-13)14-4-3-6-21-14/h3-4,6,8,11H,2,5,7,9-10H2,1H3,(H,16,17). The lowest BCUT2D eigenvalue weighted by atomic mass is 10.1. The molecule has 3 rings (SSSR count). The van der Waals surface area contributed by atoms with Crippen LogP contribution >= 0.6 is 0 Å². The van der Waals surface area contributed by atoms with Crippen LogP contribution in [0.4, 0.5) is 0 Å². The van der Waals surface area contributed by atoms with E-state index in [0.717, 1.165) is 26.2 Å². The van der Waals surface area contributed by atoms with Gasteiger partial charge in [0.15, 0.2) is 11.5 Å². The van der Waals surface area contributed by atoms with E-state index >= 15 is 0 Å². The van der Waals surface area contributed by atoms with Crippen LogP contribution in [0.5, 0.6) is 0 Å². The lowest BCUT2D eigenvalue weighted by molar-refractivity contribution is 0.0725. The summed E-state index contributed by atoms with van der Waals surface area (Å²) >= 11 is 0. The molecule has 0 aromatic carbocycles. The number of amides is 1. The van der Waals surface area contributed by atoms with Crippen LogP contribution < -0.4 is 0 Å². The van der Waals surface area contributed by atoms with Crippen molar-refractivity contribution in [2.45, 2.75) is 13.3 Å². The van der Waals surface area contributed by atoms with Crippen LogP contribution in [0.1, 0.15) is 23.8 Å². The second kappa shape index (κ2) is 6.13. The number of aromatic amines is 1. The molecule has 0 saturated carbocycles. The van der Waals surface area contributed by atoms with E-state index in [2.05, 4.69) is 10.2 Å². The number of furan rings is 1. The number of aromatic nitrogens is 2. The molecule has 1 aliphatic heterocycles. The van der Waals surface area contributed by atoms with Crippen molar-refractivity contribution >= 4 is 5.91 Å². The fraction of sp³-hybridized carbons (Fsp3) is 0.467. The zero-order valence-electron chi connectivity index (χ0n) is 12.0. The Hall–Kier alpha value is -2.08. The summed E-state index contributed by atoms with van der Waals surface area (Å²) in [4.78, 5) is 14.3. The van der Waals surface area contributed by atoms with E-state index < -0.39 is 0 Å². The highest BCUT2D eigenvalue weighted by molar-refractivity contribution is 5.93. The molecule has 6 heteroatoms. The van der Waals surface area contributed by atoms with Gasteiger partial charge in [-0.3, -0.25) is 9.89 Å². The molecule has 1 amide bonds. The second-order valence-corrected chi connectivity index (χ2v) is 5.22. The molecule has 1 N–H and O–H groups in total. The van der Waals surface area contributed by atoms with Crippen molar-refractivity contribution in [3.8, 4) is 11.5 Å². The number of hydrogen-bond acceptors (Lipinski definition) is 4. The van der Waals surface area contributed by atoms with Gasteiger partial charge in [-0.05, 0) is 25.5 Å². The Morgan fingerprint density at radius 1 is 1.57 bits per heavy atom. The lowest BCUT2D eigenvalue weighted by Gasteiger charge is -2.22. The van der Waals surface area contributed by atoms with Crippen LogP contribution in [-0.4, -0.2) is 47.3 Å². The third kappa shape index (κ3) is 3.00. The maximum atomic E-state index is 12.5. The second-order valence-electron chi connectivity index (χ2n) is 5.22. The first-order chi connectivity index (χ1) is 10.3. The van der Waals surface area contributed by atoms with Gasteiger partial charge in [0.2, 0.25) is 0 Å². The molecule has 0 spiro atoms. The van der Waals surface area contributed by atoms with Crippen molar-refractivity contribution < 1.29 is 13.9 Å². The largest absolute Gasteiger partial charge is 0.463 e. The summed E-state index contributed by atoms with van der Waals surface area (Å²) in [6.45, 7) is 4.90. The summed E-state index contributed by atoms with van der Waals surface area (Å²) in [5.41, 5.74) is 1.13. The minimum absolute atomic E-state index is 0.0570.